The Labute approximate surface area is 381 Å². The Morgan fingerprint density at radius 3 is 1.61 bits per heavy atom. The van der Waals surface area contributed by atoms with Crippen LogP contribution in [0.15, 0.2) is 140 Å². The van der Waals surface area contributed by atoms with Gasteiger partial charge in [-0.3, -0.25) is 0 Å². The fourth-order valence-electron chi connectivity index (χ4n) is 10.1. The van der Waals surface area contributed by atoms with Crippen molar-refractivity contribution in [1.82, 2.24) is 4.57 Å². The molecule has 7 aromatic carbocycles. The normalized spacial score (nSPS) is 13.8. The van der Waals surface area contributed by atoms with Crippen molar-refractivity contribution in [2.24, 2.45) is 7.05 Å². The van der Waals surface area contributed by atoms with Crippen molar-refractivity contribution in [2.75, 3.05) is 9.80 Å². The maximum Gasteiger partial charge on any atom is 0.256 e. The van der Waals surface area contributed by atoms with Gasteiger partial charge in [-0.2, -0.15) is 0 Å². The third-order valence-corrected chi connectivity index (χ3v) is 13.9. The first-order chi connectivity index (χ1) is 30.2. The lowest BCUT2D eigenvalue weighted by atomic mass is 9.34. The fraction of sp³-hybridized carbons (Fsp3) is 0.288. The predicted octanol–water partition coefficient (Wildman–Crippen LogP) is 14.4. The van der Waals surface area contributed by atoms with Gasteiger partial charge < -0.3 is 19.1 Å². The van der Waals surface area contributed by atoms with Gasteiger partial charge in [0.25, 0.3) is 6.71 Å². The minimum absolute atomic E-state index is 0.00529. The molecular formula is C59H62BN3O. The minimum atomic E-state index is -0.0402. The molecule has 0 unspecified atom stereocenters. The summed E-state index contributed by atoms with van der Waals surface area (Å²) in [6.45, 7) is 27.6. The first-order valence-corrected chi connectivity index (χ1v) is 23.1. The summed E-state index contributed by atoms with van der Waals surface area (Å²) in [5.74, 6) is 1.86. The standard InChI is InChI=1S/C59H62BN3O/c1-56(2,3)37-21-27-41(28-22-37)62(42-29-23-38(24-30-42)57(4,5)6)51-36-43(35-45-44-17-14-15-18-48(44)61(13)55(45)51)63-49-31-25-39(58(7,8)9)33-46(49)60-47-34-40(59(10,11)12)26-32-52(47)64-53-20-16-19-50(63)54(53)60/h14-36H,1-13H3. The van der Waals surface area contributed by atoms with Crippen LogP contribution in [0.1, 0.15) is 105 Å². The number of rotatable bonds is 4. The van der Waals surface area contributed by atoms with Crippen LogP contribution in [-0.4, -0.2) is 11.3 Å². The molecule has 0 spiro atoms. The van der Waals surface area contributed by atoms with Gasteiger partial charge in [0.1, 0.15) is 11.5 Å². The number of anilines is 6. The molecule has 1 aromatic heterocycles. The fourth-order valence-corrected chi connectivity index (χ4v) is 10.1. The van der Waals surface area contributed by atoms with Crippen LogP contribution in [0.25, 0.3) is 21.8 Å². The Kier molecular flexibility index (Phi) is 9.41. The molecule has 0 saturated carbocycles. The molecule has 0 amide bonds. The van der Waals surface area contributed by atoms with Crippen molar-refractivity contribution in [3.05, 3.63) is 162 Å². The zero-order valence-corrected chi connectivity index (χ0v) is 40.1. The summed E-state index contributed by atoms with van der Waals surface area (Å²) < 4.78 is 9.32. The zero-order valence-electron chi connectivity index (χ0n) is 40.1. The summed E-state index contributed by atoms with van der Waals surface area (Å²) in [6.07, 6.45) is 0. The van der Waals surface area contributed by atoms with Crippen LogP contribution >= 0.6 is 0 Å². The van der Waals surface area contributed by atoms with E-state index in [0.29, 0.717) is 0 Å². The minimum Gasteiger partial charge on any atom is -0.458 e. The molecule has 0 fully saturated rings. The lowest BCUT2D eigenvalue weighted by molar-refractivity contribution is 0.486. The van der Waals surface area contributed by atoms with Crippen molar-refractivity contribution >= 4 is 79.0 Å². The number of ether oxygens (including phenoxy) is 1. The van der Waals surface area contributed by atoms with Gasteiger partial charge in [-0.1, -0.05) is 156 Å². The maximum absolute atomic E-state index is 6.93. The van der Waals surface area contributed by atoms with Gasteiger partial charge in [-0.05, 0) is 127 Å². The van der Waals surface area contributed by atoms with Crippen LogP contribution < -0.4 is 30.9 Å². The number of fused-ring (bicyclic) bond motifs is 7. The third kappa shape index (κ3) is 6.82. The third-order valence-electron chi connectivity index (χ3n) is 13.9. The highest BCUT2D eigenvalue weighted by atomic mass is 16.5. The molecule has 10 rings (SSSR count). The van der Waals surface area contributed by atoms with E-state index in [9.17, 15) is 0 Å². The number of hydrogen-bond acceptors (Lipinski definition) is 3. The Morgan fingerprint density at radius 2 is 1.02 bits per heavy atom. The summed E-state index contributed by atoms with van der Waals surface area (Å²) in [5, 5.41) is 2.44. The van der Waals surface area contributed by atoms with E-state index in [-0.39, 0.29) is 28.4 Å². The van der Waals surface area contributed by atoms with Gasteiger partial charge in [0.05, 0.1) is 11.2 Å². The molecule has 2 aliphatic rings. The van der Waals surface area contributed by atoms with Gasteiger partial charge in [0.15, 0.2) is 0 Å². The Morgan fingerprint density at radius 1 is 0.469 bits per heavy atom. The van der Waals surface area contributed by atoms with E-state index in [1.807, 2.05) is 0 Å². The van der Waals surface area contributed by atoms with Crippen LogP contribution in [0.4, 0.5) is 34.1 Å². The van der Waals surface area contributed by atoms with E-state index < -0.39 is 0 Å². The molecule has 0 saturated heterocycles. The van der Waals surface area contributed by atoms with Crippen molar-refractivity contribution in [3.8, 4) is 11.5 Å². The van der Waals surface area contributed by atoms with Crippen molar-refractivity contribution in [2.45, 2.75) is 105 Å². The predicted molar refractivity (Wildman–Crippen MR) is 276 cm³/mol. The number of para-hydroxylation sites is 1. The molecule has 0 atom stereocenters. The first-order valence-electron chi connectivity index (χ1n) is 23.1. The summed E-state index contributed by atoms with van der Waals surface area (Å²) >= 11 is 0. The smallest absolute Gasteiger partial charge is 0.256 e. The number of nitrogens with zero attached hydrogens (tertiary/aromatic N) is 3. The van der Waals surface area contributed by atoms with Crippen LogP contribution in [0, 0.1) is 0 Å². The van der Waals surface area contributed by atoms with E-state index in [2.05, 4.69) is 244 Å². The molecule has 0 N–H and O–H groups in total. The molecule has 0 bridgehead atoms. The number of benzene rings is 7. The monoisotopic (exact) mass is 839 g/mol. The molecule has 5 heteroatoms. The number of aromatic nitrogens is 1. The quantitative estimate of drug-likeness (QED) is 0.165. The van der Waals surface area contributed by atoms with Gasteiger partial charge in [0.2, 0.25) is 0 Å². The van der Waals surface area contributed by atoms with E-state index >= 15 is 0 Å². The largest absolute Gasteiger partial charge is 0.458 e. The molecule has 322 valence electrons. The van der Waals surface area contributed by atoms with E-state index in [1.165, 1.54) is 66.1 Å². The molecule has 0 radical (unpaired) electrons. The average Bonchev–Trinajstić information content (AvgIpc) is 3.53. The lowest BCUT2D eigenvalue weighted by Gasteiger charge is -2.41. The summed E-state index contributed by atoms with van der Waals surface area (Å²) in [7, 11) is 2.22. The zero-order chi connectivity index (χ0) is 45.2. The molecule has 3 heterocycles. The Hall–Kier alpha value is -6.20. The van der Waals surface area contributed by atoms with Crippen molar-refractivity contribution in [3.63, 3.8) is 0 Å². The maximum atomic E-state index is 6.93. The topological polar surface area (TPSA) is 20.6 Å². The van der Waals surface area contributed by atoms with Crippen LogP contribution in [0.3, 0.4) is 0 Å². The number of aryl methyl sites for hydroxylation is 1. The SMILES string of the molecule is Cn1c2ccccc2c2cc(N3c4ccc(C(C)(C)C)cc4B4c5cc(C(C)(C)C)ccc5Oc5cccc3c54)cc(N(c3ccc(C(C)(C)C)cc3)c3ccc(C(C)(C)C)cc3)c21. The van der Waals surface area contributed by atoms with E-state index in [4.69, 9.17) is 4.74 Å². The average molecular weight is 840 g/mol. The Balaban J connectivity index is 1.28. The highest BCUT2D eigenvalue weighted by molar-refractivity contribution is 6.99. The number of hydrogen-bond donors (Lipinski definition) is 0. The van der Waals surface area contributed by atoms with E-state index in [0.717, 1.165) is 39.9 Å². The van der Waals surface area contributed by atoms with Crippen LogP contribution in [-0.2, 0) is 28.7 Å². The second kappa shape index (κ2) is 14.4. The molecule has 0 aliphatic carbocycles. The molecule has 8 aromatic rings. The van der Waals surface area contributed by atoms with Gasteiger partial charge >= 0.3 is 0 Å². The highest BCUT2D eigenvalue weighted by Gasteiger charge is 2.43. The second-order valence-corrected chi connectivity index (χ2v) is 22.5. The van der Waals surface area contributed by atoms with Gasteiger partial charge in [-0.25, -0.2) is 0 Å². The first kappa shape index (κ1) is 41.8. The summed E-state index contributed by atoms with van der Waals surface area (Å²) in [6, 6.07) is 52.9. The van der Waals surface area contributed by atoms with Crippen molar-refractivity contribution in [1.29, 1.82) is 0 Å². The Bertz CT molecular complexity index is 3070. The summed E-state index contributed by atoms with van der Waals surface area (Å²) in [4.78, 5) is 5.00. The van der Waals surface area contributed by atoms with Crippen LogP contribution in [0.2, 0.25) is 0 Å². The summed E-state index contributed by atoms with van der Waals surface area (Å²) in [5.41, 5.74) is 18.2. The second-order valence-electron chi connectivity index (χ2n) is 22.5. The van der Waals surface area contributed by atoms with Gasteiger partial charge in [-0.15, -0.1) is 0 Å². The highest BCUT2D eigenvalue weighted by Crippen LogP contribution is 2.49. The molecule has 64 heavy (non-hydrogen) atoms. The lowest BCUT2D eigenvalue weighted by Crippen LogP contribution is -2.59. The van der Waals surface area contributed by atoms with E-state index in [1.54, 1.807) is 0 Å². The molecular weight excluding hydrogens is 777 g/mol. The van der Waals surface area contributed by atoms with Gasteiger partial charge in [0, 0.05) is 51.8 Å². The van der Waals surface area contributed by atoms with Crippen molar-refractivity contribution < 1.29 is 4.74 Å². The van der Waals surface area contributed by atoms with Crippen LogP contribution in [0.5, 0.6) is 11.5 Å². The molecule has 2 aliphatic heterocycles. The molecule has 4 nitrogen and oxygen atoms in total.